The molecule has 1 atom stereocenters. The number of hydrogen-bond acceptors (Lipinski definition) is 3. The minimum atomic E-state index is -1.10. The number of likely N-dealkylation sites (tertiary alicyclic amines) is 1. The summed E-state index contributed by atoms with van der Waals surface area (Å²) in [6.07, 6.45) is 3.58. The van der Waals surface area contributed by atoms with Gasteiger partial charge in [-0.15, -0.1) is 0 Å². The van der Waals surface area contributed by atoms with E-state index >= 15 is 0 Å². The quantitative estimate of drug-likeness (QED) is 0.749. The van der Waals surface area contributed by atoms with Crippen LogP contribution >= 0.6 is 0 Å². The van der Waals surface area contributed by atoms with Crippen LogP contribution in [0.15, 0.2) is 30.5 Å². The molecule has 1 aromatic rings. The summed E-state index contributed by atoms with van der Waals surface area (Å²) in [5.41, 5.74) is 1.62. The molecule has 1 aromatic carbocycles. The molecule has 0 aromatic heterocycles. The molecule has 6 heteroatoms. The van der Waals surface area contributed by atoms with Gasteiger partial charge < -0.3 is 20.4 Å². The molecule has 0 saturated carbocycles. The molecule has 0 spiro atoms. The van der Waals surface area contributed by atoms with Gasteiger partial charge in [-0.05, 0) is 36.1 Å². The molecular formula is C16H20N2O4. The van der Waals surface area contributed by atoms with Gasteiger partial charge in [-0.3, -0.25) is 4.79 Å². The smallest absolute Gasteiger partial charge is 0.404 e. The number of nitrogens with zero attached hydrogens (tertiary/aromatic N) is 1. The summed E-state index contributed by atoms with van der Waals surface area (Å²) in [7, 11) is 0. The molecule has 2 amide bonds. The number of aliphatic hydroxyl groups is 1. The van der Waals surface area contributed by atoms with Crippen molar-refractivity contribution in [1.29, 1.82) is 0 Å². The summed E-state index contributed by atoms with van der Waals surface area (Å²) in [4.78, 5) is 23.6. The average Bonchev–Trinajstić information content (AvgIpc) is 2.90. The highest BCUT2D eigenvalue weighted by Gasteiger charge is 2.17. The topological polar surface area (TPSA) is 89.9 Å². The van der Waals surface area contributed by atoms with Gasteiger partial charge in [-0.1, -0.05) is 18.2 Å². The van der Waals surface area contributed by atoms with Gasteiger partial charge >= 0.3 is 6.09 Å². The number of benzene rings is 1. The van der Waals surface area contributed by atoms with Crippen LogP contribution in [0.5, 0.6) is 0 Å². The first-order valence-corrected chi connectivity index (χ1v) is 7.29. The maximum atomic E-state index is 11.5. The average molecular weight is 304 g/mol. The second-order valence-electron chi connectivity index (χ2n) is 5.21. The molecule has 0 aliphatic carbocycles. The van der Waals surface area contributed by atoms with Crippen LogP contribution in [0.2, 0.25) is 0 Å². The zero-order chi connectivity index (χ0) is 15.9. The number of rotatable bonds is 6. The second kappa shape index (κ2) is 7.61. The van der Waals surface area contributed by atoms with Crippen LogP contribution in [0.4, 0.5) is 4.79 Å². The lowest BCUT2D eigenvalue weighted by atomic mass is 10.0. The number of carbonyl (C=O) groups is 2. The summed E-state index contributed by atoms with van der Waals surface area (Å²) >= 11 is 0. The highest BCUT2D eigenvalue weighted by molar-refractivity contribution is 5.79. The molecule has 1 unspecified atom stereocenters. The first kappa shape index (κ1) is 16.0. The Morgan fingerprint density at radius 3 is 2.95 bits per heavy atom. The van der Waals surface area contributed by atoms with Crippen LogP contribution in [0.25, 0.3) is 6.08 Å². The Hall–Kier alpha value is -2.34. The van der Waals surface area contributed by atoms with E-state index in [-0.39, 0.29) is 12.5 Å². The van der Waals surface area contributed by atoms with E-state index in [1.807, 2.05) is 24.3 Å². The fourth-order valence-electron chi connectivity index (χ4n) is 2.36. The molecule has 22 heavy (non-hydrogen) atoms. The first-order valence-electron chi connectivity index (χ1n) is 7.29. The molecule has 118 valence electrons. The molecule has 1 fully saturated rings. The van der Waals surface area contributed by atoms with Crippen LogP contribution in [0, 0.1) is 0 Å². The SMILES string of the molecule is O=C(O)NCCC(O)c1cccc(C=CN2CCCC2=O)c1. The van der Waals surface area contributed by atoms with E-state index in [4.69, 9.17) is 5.11 Å². The summed E-state index contributed by atoms with van der Waals surface area (Å²) in [6.45, 7) is 0.942. The maximum Gasteiger partial charge on any atom is 0.404 e. The third kappa shape index (κ3) is 4.60. The lowest BCUT2D eigenvalue weighted by molar-refractivity contribution is -0.125. The van der Waals surface area contributed by atoms with Crippen molar-refractivity contribution in [1.82, 2.24) is 10.2 Å². The third-order valence-electron chi connectivity index (χ3n) is 3.55. The van der Waals surface area contributed by atoms with Crippen LogP contribution in [-0.2, 0) is 4.79 Å². The van der Waals surface area contributed by atoms with Gasteiger partial charge in [0.2, 0.25) is 5.91 Å². The van der Waals surface area contributed by atoms with Crippen molar-refractivity contribution in [3.05, 3.63) is 41.6 Å². The molecule has 0 radical (unpaired) electrons. The van der Waals surface area contributed by atoms with E-state index in [1.165, 1.54) is 0 Å². The Labute approximate surface area is 129 Å². The van der Waals surface area contributed by atoms with Crippen LogP contribution in [0.3, 0.4) is 0 Å². The summed E-state index contributed by atoms with van der Waals surface area (Å²) in [5.74, 6) is 0.132. The lowest BCUT2D eigenvalue weighted by Gasteiger charge is -2.12. The van der Waals surface area contributed by atoms with Crippen LogP contribution < -0.4 is 5.32 Å². The number of nitrogens with one attached hydrogen (secondary N) is 1. The van der Waals surface area contributed by atoms with Crippen molar-refractivity contribution in [2.75, 3.05) is 13.1 Å². The normalized spacial score (nSPS) is 16.2. The minimum Gasteiger partial charge on any atom is -0.465 e. The Kier molecular flexibility index (Phi) is 5.55. The Morgan fingerprint density at radius 2 is 2.27 bits per heavy atom. The number of carbonyl (C=O) groups excluding carboxylic acids is 1. The van der Waals surface area contributed by atoms with Crippen molar-refractivity contribution >= 4 is 18.1 Å². The van der Waals surface area contributed by atoms with Crippen LogP contribution in [0.1, 0.15) is 36.5 Å². The van der Waals surface area contributed by atoms with E-state index in [0.717, 1.165) is 24.1 Å². The van der Waals surface area contributed by atoms with Gasteiger partial charge in [0.1, 0.15) is 0 Å². The number of amides is 2. The van der Waals surface area contributed by atoms with Gasteiger partial charge in [-0.2, -0.15) is 0 Å². The van der Waals surface area contributed by atoms with Gasteiger partial charge in [0.15, 0.2) is 0 Å². The first-order chi connectivity index (χ1) is 10.6. The largest absolute Gasteiger partial charge is 0.465 e. The molecule has 3 N–H and O–H groups in total. The zero-order valence-electron chi connectivity index (χ0n) is 12.2. The Bertz CT molecular complexity index is 571. The summed E-state index contributed by atoms with van der Waals surface area (Å²) in [6, 6.07) is 7.35. The molecule has 2 rings (SSSR count). The van der Waals surface area contributed by atoms with Crippen molar-refractivity contribution in [2.24, 2.45) is 0 Å². The molecular weight excluding hydrogens is 284 g/mol. The van der Waals surface area contributed by atoms with Crippen LogP contribution in [-0.4, -0.2) is 40.2 Å². The van der Waals surface area contributed by atoms with E-state index in [1.54, 1.807) is 17.2 Å². The highest BCUT2D eigenvalue weighted by Crippen LogP contribution is 2.19. The molecule has 1 aliphatic rings. The monoisotopic (exact) mass is 304 g/mol. The molecule has 1 aliphatic heterocycles. The van der Waals surface area contributed by atoms with Gasteiger partial charge in [0.25, 0.3) is 0 Å². The third-order valence-corrected chi connectivity index (χ3v) is 3.55. The maximum absolute atomic E-state index is 11.5. The molecule has 0 bridgehead atoms. The van der Waals surface area contributed by atoms with Gasteiger partial charge in [-0.25, -0.2) is 4.79 Å². The Balaban J connectivity index is 1.95. The van der Waals surface area contributed by atoms with Gasteiger partial charge in [0.05, 0.1) is 6.10 Å². The van der Waals surface area contributed by atoms with Crippen molar-refractivity contribution in [3.8, 4) is 0 Å². The number of hydrogen-bond donors (Lipinski definition) is 3. The Morgan fingerprint density at radius 1 is 1.45 bits per heavy atom. The fraction of sp³-hybridized carbons (Fsp3) is 0.375. The lowest BCUT2D eigenvalue weighted by Crippen LogP contribution is -2.23. The fourth-order valence-corrected chi connectivity index (χ4v) is 2.36. The highest BCUT2D eigenvalue weighted by atomic mass is 16.4. The second-order valence-corrected chi connectivity index (χ2v) is 5.21. The molecule has 1 saturated heterocycles. The molecule has 1 heterocycles. The van der Waals surface area contributed by atoms with E-state index in [0.29, 0.717) is 12.8 Å². The zero-order valence-corrected chi connectivity index (χ0v) is 12.2. The standard InChI is InChI=1S/C16H20N2O4/c19-14(6-8-17-16(21)22)13-4-1-3-12(11-13)7-10-18-9-2-5-15(18)20/h1,3-4,7,10-11,14,17,19H,2,5-6,8-9H2,(H,21,22). The van der Waals surface area contributed by atoms with Crippen molar-refractivity contribution < 1.29 is 19.8 Å². The van der Waals surface area contributed by atoms with E-state index in [9.17, 15) is 14.7 Å². The van der Waals surface area contributed by atoms with E-state index < -0.39 is 12.2 Å². The van der Waals surface area contributed by atoms with Crippen molar-refractivity contribution in [3.63, 3.8) is 0 Å². The predicted octanol–water partition coefficient (Wildman–Crippen LogP) is 1.97. The van der Waals surface area contributed by atoms with Gasteiger partial charge in [0, 0.05) is 25.7 Å². The van der Waals surface area contributed by atoms with E-state index in [2.05, 4.69) is 5.32 Å². The number of aliphatic hydroxyl groups excluding tert-OH is 1. The van der Waals surface area contributed by atoms with Crippen molar-refractivity contribution in [2.45, 2.75) is 25.4 Å². The minimum absolute atomic E-state index is 0.132. The number of carboxylic acid groups (broad SMARTS) is 1. The summed E-state index contributed by atoms with van der Waals surface area (Å²) < 4.78 is 0. The summed E-state index contributed by atoms with van der Waals surface area (Å²) in [5, 5.41) is 20.8. The predicted molar refractivity (Wildman–Crippen MR) is 82.0 cm³/mol. The molecule has 6 nitrogen and oxygen atoms in total.